The van der Waals surface area contributed by atoms with Crippen LogP contribution in [-0.4, -0.2) is 12.1 Å². The van der Waals surface area contributed by atoms with Crippen LogP contribution in [0.15, 0.2) is 36.5 Å². The maximum Gasteiger partial charge on any atom is 0.212 e. The second kappa shape index (κ2) is 5.49. The maximum absolute atomic E-state index is 13.6. The summed E-state index contributed by atoms with van der Waals surface area (Å²) in [6.07, 6.45) is 1.71. The van der Waals surface area contributed by atoms with Crippen molar-refractivity contribution < 1.29 is 9.13 Å². The molecular formula is C14H15FN2O. The summed E-state index contributed by atoms with van der Waals surface area (Å²) in [6, 6.07) is 8.70. The fourth-order valence-corrected chi connectivity index (χ4v) is 1.68. The van der Waals surface area contributed by atoms with Gasteiger partial charge in [-0.05, 0) is 24.1 Å². The van der Waals surface area contributed by atoms with Gasteiger partial charge in [-0.25, -0.2) is 9.37 Å². The minimum absolute atomic E-state index is 0.239. The lowest BCUT2D eigenvalue weighted by atomic mass is 10.2. The number of halogens is 1. The van der Waals surface area contributed by atoms with Gasteiger partial charge in [0.05, 0.1) is 12.8 Å². The van der Waals surface area contributed by atoms with Crippen molar-refractivity contribution in [3.05, 3.63) is 53.5 Å². The van der Waals surface area contributed by atoms with Crippen molar-refractivity contribution >= 4 is 5.69 Å². The summed E-state index contributed by atoms with van der Waals surface area (Å²) in [5.74, 6) is 0.331. The van der Waals surface area contributed by atoms with Crippen LogP contribution < -0.4 is 10.1 Å². The van der Waals surface area contributed by atoms with E-state index in [0.29, 0.717) is 18.1 Å². The summed E-state index contributed by atoms with van der Waals surface area (Å²) in [6.45, 7) is 2.40. The van der Waals surface area contributed by atoms with Gasteiger partial charge in [-0.15, -0.1) is 0 Å². The van der Waals surface area contributed by atoms with Crippen LogP contribution in [0.25, 0.3) is 0 Å². The number of para-hydroxylation sites is 1. The second-order valence-electron chi connectivity index (χ2n) is 3.99. The van der Waals surface area contributed by atoms with E-state index in [4.69, 9.17) is 4.74 Å². The van der Waals surface area contributed by atoms with Gasteiger partial charge in [0.15, 0.2) is 0 Å². The van der Waals surface area contributed by atoms with Crippen LogP contribution in [0, 0.1) is 12.7 Å². The van der Waals surface area contributed by atoms with E-state index in [1.54, 1.807) is 25.4 Å². The van der Waals surface area contributed by atoms with E-state index in [-0.39, 0.29) is 5.82 Å². The van der Waals surface area contributed by atoms with Crippen molar-refractivity contribution in [2.24, 2.45) is 0 Å². The van der Waals surface area contributed by atoms with Gasteiger partial charge in [0.2, 0.25) is 5.88 Å². The van der Waals surface area contributed by atoms with E-state index in [9.17, 15) is 4.39 Å². The summed E-state index contributed by atoms with van der Waals surface area (Å²) in [7, 11) is 1.57. The van der Waals surface area contributed by atoms with Gasteiger partial charge in [0, 0.05) is 18.8 Å². The van der Waals surface area contributed by atoms with Crippen molar-refractivity contribution in [1.82, 2.24) is 4.98 Å². The van der Waals surface area contributed by atoms with E-state index < -0.39 is 0 Å². The minimum atomic E-state index is -0.239. The molecule has 1 aromatic carbocycles. The molecular weight excluding hydrogens is 231 g/mol. The van der Waals surface area contributed by atoms with Crippen molar-refractivity contribution in [3.63, 3.8) is 0 Å². The fourth-order valence-electron chi connectivity index (χ4n) is 1.68. The van der Waals surface area contributed by atoms with Gasteiger partial charge in [-0.1, -0.05) is 18.2 Å². The molecule has 1 heterocycles. The van der Waals surface area contributed by atoms with E-state index >= 15 is 0 Å². The van der Waals surface area contributed by atoms with Crippen LogP contribution in [-0.2, 0) is 6.54 Å². The molecule has 0 aliphatic rings. The Morgan fingerprint density at radius 3 is 2.72 bits per heavy atom. The van der Waals surface area contributed by atoms with E-state index in [2.05, 4.69) is 10.3 Å². The van der Waals surface area contributed by atoms with E-state index in [0.717, 1.165) is 11.1 Å². The Labute approximate surface area is 106 Å². The number of ether oxygens (including phenoxy) is 1. The van der Waals surface area contributed by atoms with Gasteiger partial charge in [-0.2, -0.15) is 0 Å². The number of pyridine rings is 1. The highest BCUT2D eigenvalue weighted by atomic mass is 19.1. The molecule has 2 aromatic rings. The zero-order valence-electron chi connectivity index (χ0n) is 10.4. The van der Waals surface area contributed by atoms with E-state index in [1.807, 2.05) is 19.1 Å². The Hall–Kier alpha value is -2.10. The average Bonchev–Trinajstić information content (AvgIpc) is 2.39. The summed E-state index contributed by atoms with van der Waals surface area (Å²) in [5.41, 5.74) is 2.39. The number of rotatable bonds is 4. The predicted molar refractivity (Wildman–Crippen MR) is 69.3 cm³/mol. The number of nitrogens with zero attached hydrogens (tertiary/aromatic N) is 1. The van der Waals surface area contributed by atoms with Gasteiger partial charge in [0.25, 0.3) is 0 Å². The first-order chi connectivity index (χ1) is 8.70. The number of benzene rings is 1. The van der Waals surface area contributed by atoms with Crippen molar-refractivity contribution in [3.8, 4) is 5.88 Å². The molecule has 1 aromatic heterocycles. The fraction of sp³-hybridized carbons (Fsp3) is 0.214. The number of nitrogens with one attached hydrogen (secondary N) is 1. The van der Waals surface area contributed by atoms with Gasteiger partial charge in [0.1, 0.15) is 5.82 Å². The third kappa shape index (κ3) is 2.77. The first kappa shape index (κ1) is 12.4. The van der Waals surface area contributed by atoms with Crippen LogP contribution in [0.4, 0.5) is 10.1 Å². The lowest BCUT2D eigenvalue weighted by Gasteiger charge is -2.10. The molecule has 0 bridgehead atoms. The molecule has 0 radical (unpaired) electrons. The molecule has 0 unspecified atom stereocenters. The molecule has 0 fully saturated rings. The van der Waals surface area contributed by atoms with E-state index in [1.165, 1.54) is 6.07 Å². The summed E-state index contributed by atoms with van der Waals surface area (Å²) in [5, 5.41) is 3.08. The number of anilines is 1. The molecule has 0 atom stereocenters. The highest BCUT2D eigenvalue weighted by Gasteiger charge is 2.04. The molecule has 0 saturated carbocycles. The zero-order chi connectivity index (χ0) is 13.0. The Morgan fingerprint density at radius 1 is 1.28 bits per heavy atom. The standard InChI is InChI=1S/C14H15FN2O/c1-10-4-3-5-12(15)14(10)17-9-11-6-7-13(18-2)16-8-11/h3-8,17H,9H2,1-2H3. The predicted octanol–water partition coefficient (Wildman–Crippen LogP) is 3.15. The Morgan fingerprint density at radius 2 is 2.11 bits per heavy atom. The molecule has 1 N–H and O–H groups in total. The van der Waals surface area contributed by atoms with Crippen LogP contribution in [0.1, 0.15) is 11.1 Å². The molecule has 0 aliphatic heterocycles. The van der Waals surface area contributed by atoms with Gasteiger partial charge >= 0.3 is 0 Å². The van der Waals surface area contributed by atoms with Crippen LogP contribution in [0.5, 0.6) is 5.88 Å². The van der Waals surface area contributed by atoms with Crippen molar-refractivity contribution in [2.45, 2.75) is 13.5 Å². The topological polar surface area (TPSA) is 34.1 Å². The number of aromatic nitrogens is 1. The highest BCUT2D eigenvalue weighted by molar-refractivity contribution is 5.51. The molecule has 4 heteroatoms. The molecule has 18 heavy (non-hydrogen) atoms. The summed E-state index contributed by atoms with van der Waals surface area (Å²) >= 11 is 0. The highest BCUT2D eigenvalue weighted by Crippen LogP contribution is 2.19. The molecule has 2 rings (SSSR count). The molecule has 94 valence electrons. The minimum Gasteiger partial charge on any atom is -0.481 e. The molecule has 3 nitrogen and oxygen atoms in total. The zero-order valence-corrected chi connectivity index (χ0v) is 10.4. The largest absolute Gasteiger partial charge is 0.481 e. The van der Waals surface area contributed by atoms with Crippen molar-refractivity contribution in [1.29, 1.82) is 0 Å². The summed E-state index contributed by atoms with van der Waals surface area (Å²) < 4.78 is 18.6. The van der Waals surface area contributed by atoms with Crippen LogP contribution in [0.3, 0.4) is 0 Å². The number of hydrogen-bond donors (Lipinski definition) is 1. The van der Waals surface area contributed by atoms with Crippen LogP contribution in [0.2, 0.25) is 0 Å². The number of hydrogen-bond acceptors (Lipinski definition) is 3. The number of aryl methyl sites for hydroxylation is 1. The smallest absolute Gasteiger partial charge is 0.212 e. The lowest BCUT2D eigenvalue weighted by Crippen LogP contribution is -2.03. The SMILES string of the molecule is COc1ccc(CNc2c(C)cccc2F)cn1. The lowest BCUT2D eigenvalue weighted by molar-refractivity contribution is 0.397. The first-order valence-corrected chi connectivity index (χ1v) is 5.68. The normalized spacial score (nSPS) is 10.2. The number of methoxy groups -OCH3 is 1. The van der Waals surface area contributed by atoms with Crippen molar-refractivity contribution in [2.75, 3.05) is 12.4 Å². The molecule has 0 saturated heterocycles. The van der Waals surface area contributed by atoms with Gasteiger partial charge in [-0.3, -0.25) is 0 Å². The average molecular weight is 246 g/mol. The maximum atomic E-state index is 13.6. The Kier molecular flexibility index (Phi) is 3.77. The third-order valence-corrected chi connectivity index (χ3v) is 2.70. The second-order valence-corrected chi connectivity index (χ2v) is 3.99. The van der Waals surface area contributed by atoms with Gasteiger partial charge < -0.3 is 10.1 Å². The molecule has 0 amide bonds. The molecule has 0 aliphatic carbocycles. The Bertz CT molecular complexity index is 506. The monoisotopic (exact) mass is 246 g/mol. The third-order valence-electron chi connectivity index (χ3n) is 2.70. The van der Waals surface area contributed by atoms with Crippen LogP contribution >= 0.6 is 0 Å². The summed E-state index contributed by atoms with van der Waals surface area (Å²) in [4.78, 5) is 4.10. The Balaban J connectivity index is 2.06. The molecule has 0 spiro atoms. The first-order valence-electron chi connectivity index (χ1n) is 5.68. The quantitative estimate of drug-likeness (QED) is 0.899.